The number of nitrogens with zero attached hydrogens (tertiary/aromatic N) is 2. The molecule has 1 atom stereocenters. The molecule has 0 bridgehead atoms. The van der Waals surface area contributed by atoms with Crippen molar-refractivity contribution >= 4 is 23.2 Å². The summed E-state index contributed by atoms with van der Waals surface area (Å²) in [7, 11) is 0. The first kappa shape index (κ1) is 14.4. The Kier molecular flexibility index (Phi) is 4.86. The zero-order valence-electron chi connectivity index (χ0n) is 10.7. The highest BCUT2D eigenvalue weighted by Gasteiger charge is 2.13. The number of aryl methyl sites for hydroxylation is 1. The molecule has 102 valence electrons. The van der Waals surface area contributed by atoms with Gasteiger partial charge in [-0.15, -0.1) is 0 Å². The van der Waals surface area contributed by atoms with E-state index in [0.717, 1.165) is 24.1 Å². The lowest BCUT2D eigenvalue weighted by molar-refractivity contribution is 0.178. The van der Waals surface area contributed by atoms with Gasteiger partial charge in [0.15, 0.2) is 0 Å². The molecule has 1 aromatic heterocycles. The van der Waals surface area contributed by atoms with Crippen molar-refractivity contribution in [2.24, 2.45) is 0 Å². The molecule has 3 nitrogen and oxygen atoms in total. The van der Waals surface area contributed by atoms with Crippen LogP contribution in [-0.4, -0.2) is 14.9 Å². The Labute approximate surface area is 122 Å². The third-order valence-electron chi connectivity index (χ3n) is 2.92. The molecule has 1 N–H and O–H groups in total. The van der Waals surface area contributed by atoms with Gasteiger partial charge in [0.25, 0.3) is 0 Å². The summed E-state index contributed by atoms with van der Waals surface area (Å²) in [5.41, 5.74) is 1.68. The van der Waals surface area contributed by atoms with Crippen molar-refractivity contribution < 1.29 is 5.11 Å². The Bertz CT molecular complexity index is 554. The van der Waals surface area contributed by atoms with Gasteiger partial charge in [-0.1, -0.05) is 36.2 Å². The largest absolute Gasteiger partial charge is 0.388 e. The molecule has 0 aliphatic rings. The standard InChI is InChI=1S/C14H16Cl2N2O/c1-2-5-18-9-11(8-17-18)14(19)6-10-3-4-12(15)7-13(10)16/h3-4,7-9,14,19H,2,5-6H2,1H3. The number of halogens is 2. The fourth-order valence-corrected chi connectivity index (χ4v) is 2.40. The lowest BCUT2D eigenvalue weighted by Gasteiger charge is -2.10. The third-order valence-corrected chi connectivity index (χ3v) is 3.51. The summed E-state index contributed by atoms with van der Waals surface area (Å²) in [6.07, 6.45) is 4.43. The average Bonchev–Trinajstić information content (AvgIpc) is 2.82. The average molecular weight is 299 g/mol. The smallest absolute Gasteiger partial charge is 0.0861 e. The molecule has 0 fully saturated rings. The monoisotopic (exact) mass is 298 g/mol. The summed E-state index contributed by atoms with van der Waals surface area (Å²) < 4.78 is 1.84. The fourth-order valence-electron chi connectivity index (χ4n) is 1.92. The number of benzene rings is 1. The summed E-state index contributed by atoms with van der Waals surface area (Å²) in [6.45, 7) is 2.94. The molecule has 1 heterocycles. The van der Waals surface area contributed by atoms with Crippen LogP contribution in [0.2, 0.25) is 10.0 Å². The van der Waals surface area contributed by atoms with Crippen molar-refractivity contribution in [1.82, 2.24) is 9.78 Å². The SMILES string of the molecule is CCCn1cc(C(O)Cc2ccc(Cl)cc2Cl)cn1. The highest BCUT2D eigenvalue weighted by atomic mass is 35.5. The van der Waals surface area contributed by atoms with Crippen molar-refractivity contribution in [1.29, 1.82) is 0 Å². The summed E-state index contributed by atoms with van der Waals surface area (Å²) in [5, 5.41) is 15.6. The normalized spacial score (nSPS) is 12.6. The van der Waals surface area contributed by atoms with Crippen LogP contribution in [0.3, 0.4) is 0 Å². The maximum Gasteiger partial charge on any atom is 0.0861 e. The summed E-state index contributed by atoms with van der Waals surface area (Å²) >= 11 is 11.9. The van der Waals surface area contributed by atoms with E-state index in [-0.39, 0.29) is 0 Å². The summed E-state index contributed by atoms with van der Waals surface area (Å²) in [6, 6.07) is 5.30. The minimum absolute atomic E-state index is 0.452. The van der Waals surface area contributed by atoms with Crippen LogP contribution in [0, 0.1) is 0 Å². The van der Waals surface area contributed by atoms with E-state index in [1.165, 1.54) is 0 Å². The predicted octanol–water partition coefficient (Wildman–Crippen LogP) is 3.88. The molecule has 2 aromatic rings. The molecule has 0 aliphatic heterocycles. The van der Waals surface area contributed by atoms with E-state index < -0.39 is 6.10 Å². The van der Waals surface area contributed by atoms with E-state index in [1.807, 2.05) is 16.9 Å². The van der Waals surface area contributed by atoms with Gasteiger partial charge in [-0.2, -0.15) is 5.10 Å². The van der Waals surface area contributed by atoms with Crippen molar-refractivity contribution in [2.45, 2.75) is 32.4 Å². The van der Waals surface area contributed by atoms with E-state index in [4.69, 9.17) is 23.2 Å². The maximum atomic E-state index is 10.2. The maximum absolute atomic E-state index is 10.2. The van der Waals surface area contributed by atoms with Crippen LogP contribution in [0.5, 0.6) is 0 Å². The molecule has 1 unspecified atom stereocenters. The molecule has 5 heteroatoms. The molecule has 0 amide bonds. The molecular formula is C14H16Cl2N2O. The van der Waals surface area contributed by atoms with Crippen LogP contribution in [0.1, 0.15) is 30.6 Å². The second kappa shape index (κ2) is 6.42. The van der Waals surface area contributed by atoms with Gasteiger partial charge in [0.2, 0.25) is 0 Å². The zero-order chi connectivity index (χ0) is 13.8. The van der Waals surface area contributed by atoms with Crippen molar-refractivity contribution in [3.05, 3.63) is 51.8 Å². The van der Waals surface area contributed by atoms with Gasteiger partial charge >= 0.3 is 0 Å². The number of aromatic nitrogens is 2. The van der Waals surface area contributed by atoms with Crippen molar-refractivity contribution in [2.75, 3.05) is 0 Å². The van der Waals surface area contributed by atoms with Crippen LogP contribution in [-0.2, 0) is 13.0 Å². The minimum Gasteiger partial charge on any atom is -0.388 e. The Balaban J connectivity index is 2.09. The van der Waals surface area contributed by atoms with Crippen LogP contribution >= 0.6 is 23.2 Å². The highest BCUT2D eigenvalue weighted by Crippen LogP contribution is 2.26. The molecule has 0 saturated carbocycles. The second-order valence-electron chi connectivity index (χ2n) is 4.49. The predicted molar refractivity (Wildman–Crippen MR) is 77.6 cm³/mol. The van der Waals surface area contributed by atoms with Crippen LogP contribution in [0.15, 0.2) is 30.6 Å². The Morgan fingerprint density at radius 3 is 2.84 bits per heavy atom. The first-order valence-corrected chi connectivity index (χ1v) is 7.00. The number of hydrogen-bond acceptors (Lipinski definition) is 2. The number of aliphatic hydroxyl groups excluding tert-OH is 1. The molecule has 19 heavy (non-hydrogen) atoms. The first-order valence-electron chi connectivity index (χ1n) is 6.24. The van der Waals surface area contributed by atoms with Crippen molar-refractivity contribution in [3.8, 4) is 0 Å². The van der Waals surface area contributed by atoms with Gasteiger partial charge in [-0.3, -0.25) is 4.68 Å². The molecular weight excluding hydrogens is 283 g/mol. The number of rotatable bonds is 5. The molecule has 0 saturated heterocycles. The Morgan fingerprint density at radius 2 is 2.16 bits per heavy atom. The van der Waals surface area contributed by atoms with Crippen LogP contribution < -0.4 is 0 Å². The number of hydrogen-bond donors (Lipinski definition) is 1. The van der Waals surface area contributed by atoms with Gasteiger partial charge in [-0.25, -0.2) is 0 Å². The number of aliphatic hydroxyl groups is 1. The van der Waals surface area contributed by atoms with Gasteiger partial charge in [0.1, 0.15) is 0 Å². The zero-order valence-corrected chi connectivity index (χ0v) is 12.2. The third kappa shape index (κ3) is 3.72. The molecule has 0 radical (unpaired) electrons. The van der Waals surface area contributed by atoms with Crippen molar-refractivity contribution in [3.63, 3.8) is 0 Å². The van der Waals surface area contributed by atoms with E-state index in [2.05, 4.69) is 12.0 Å². The lowest BCUT2D eigenvalue weighted by atomic mass is 10.0. The Hall–Kier alpha value is -1.03. The van der Waals surface area contributed by atoms with E-state index in [9.17, 15) is 5.11 Å². The van der Waals surface area contributed by atoms with E-state index >= 15 is 0 Å². The minimum atomic E-state index is -0.607. The second-order valence-corrected chi connectivity index (χ2v) is 5.34. The van der Waals surface area contributed by atoms with Gasteiger partial charge < -0.3 is 5.11 Å². The van der Waals surface area contributed by atoms with Gasteiger partial charge in [0, 0.05) is 34.8 Å². The van der Waals surface area contributed by atoms with Gasteiger partial charge in [-0.05, 0) is 24.1 Å². The Morgan fingerprint density at radius 1 is 1.37 bits per heavy atom. The highest BCUT2D eigenvalue weighted by molar-refractivity contribution is 6.35. The molecule has 0 spiro atoms. The summed E-state index contributed by atoms with van der Waals surface area (Å²) in [5.74, 6) is 0. The molecule has 0 aliphatic carbocycles. The molecule has 1 aromatic carbocycles. The molecule has 2 rings (SSSR count). The fraction of sp³-hybridized carbons (Fsp3) is 0.357. The van der Waals surface area contributed by atoms with E-state index in [0.29, 0.717) is 16.5 Å². The summed E-state index contributed by atoms with van der Waals surface area (Å²) in [4.78, 5) is 0. The van der Waals surface area contributed by atoms with Gasteiger partial charge in [0.05, 0.1) is 12.3 Å². The van der Waals surface area contributed by atoms with Crippen LogP contribution in [0.25, 0.3) is 0 Å². The van der Waals surface area contributed by atoms with Crippen LogP contribution in [0.4, 0.5) is 0 Å². The first-order chi connectivity index (χ1) is 9.10. The quantitative estimate of drug-likeness (QED) is 0.910. The topological polar surface area (TPSA) is 38.0 Å². The van der Waals surface area contributed by atoms with E-state index in [1.54, 1.807) is 18.3 Å². The lowest BCUT2D eigenvalue weighted by Crippen LogP contribution is -2.02.